The highest BCUT2D eigenvalue weighted by Crippen LogP contribution is 2.19. The van der Waals surface area contributed by atoms with E-state index in [9.17, 15) is 22.8 Å². The van der Waals surface area contributed by atoms with Crippen LogP contribution >= 0.6 is 0 Å². The van der Waals surface area contributed by atoms with Crippen molar-refractivity contribution in [2.24, 2.45) is 0 Å². The molecule has 0 aromatic carbocycles. The summed E-state index contributed by atoms with van der Waals surface area (Å²) in [6.07, 6.45) is -3.65. The first-order valence-electron chi connectivity index (χ1n) is 3.74. The van der Waals surface area contributed by atoms with Crippen molar-refractivity contribution < 1.29 is 27.9 Å². The monoisotopic (exact) mass is 235 g/mol. The highest BCUT2D eigenvalue weighted by Gasteiger charge is 2.39. The van der Waals surface area contributed by atoms with Gasteiger partial charge < -0.3 is 10.4 Å². The molecule has 0 saturated carbocycles. The quantitative estimate of drug-likeness (QED) is 0.786. The first kappa shape index (κ1) is 11.9. The summed E-state index contributed by atoms with van der Waals surface area (Å²) in [4.78, 5) is 21.1. The van der Waals surface area contributed by atoms with E-state index in [0.29, 0.717) is 6.20 Å². The Labute approximate surface area is 86.1 Å². The third-order valence-electron chi connectivity index (χ3n) is 1.47. The van der Waals surface area contributed by atoms with Crippen LogP contribution in [0.1, 0.15) is 10.4 Å². The summed E-state index contributed by atoms with van der Waals surface area (Å²) >= 11 is 0. The predicted molar refractivity (Wildman–Crippen MR) is 43.7 cm³/mol. The number of hydrogen-bond acceptors (Lipinski definition) is 4. The van der Waals surface area contributed by atoms with Crippen molar-refractivity contribution in [3.05, 3.63) is 18.0 Å². The summed E-state index contributed by atoms with van der Waals surface area (Å²) in [5.74, 6) is -3.80. The molecule has 0 atom stereocenters. The zero-order valence-electron chi connectivity index (χ0n) is 7.45. The molecule has 16 heavy (non-hydrogen) atoms. The van der Waals surface area contributed by atoms with Gasteiger partial charge in [-0.15, -0.1) is 0 Å². The number of carboxylic acid groups (broad SMARTS) is 1. The molecular formula is C7H4F3N3O3. The number of carbonyl (C=O) groups is 2. The van der Waals surface area contributed by atoms with E-state index in [1.165, 1.54) is 5.32 Å². The molecule has 9 heteroatoms. The van der Waals surface area contributed by atoms with E-state index in [1.54, 1.807) is 0 Å². The average molecular weight is 235 g/mol. The molecule has 2 N–H and O–H groups in total. The third-order valence-corrected chi connectivity index (χ3v) is 1.47. The van der Waals surface area contributed by atoms with Crippen LogP contribution in [0.2, 0.25) is 0 Å². The molecule has 0 aliphatic heterocycles. The summed E-state index contributed by atoms with van der Waals surface area (Å²) in [5.41, 5.74) is -1.14. The summed E-state index contributed by atoms with van der Waals surface area (Å²) in [5, 5.41) is 16.3. The molecule has 1 rings (SSSR count). The molecule has 6 nitrogen and oxygen atoms in total. The first-order chi connectivity index (χ1) is 7.32. The standard InChI is InChI=1S/C7H4F3N3O3/c8-7(9,10)6(16)13-4-2-12-11-1-3(4)5(14)15/h1-2H,(H,14,15)(H,11,13,16). The van der Waals surface area contributed by atoms with Crippen LogP contribution in [0.25, 0.3) is 0 Å². The van der Waals surface area contributed by atoms with Crippen molar-refractivity contribution in [2.45, 2.75) is 6.18 Å². The molecule has 0 aliphatic carbocycles. The minimum Gasteiger partial charge on any atom is -0.478 e. The lowest BCUT2D eigenvalue weighted by Crippen LogP contribution is -2.30. The van der Waals surface area contributed by atoms with E-state index < -0.39 is 29.3 Å². The van der Waals surface area contributed by atoms with E-state index in [-0.39, 0.29) is 0 Å². The largest absolute Gasteiger partial charge is 0.478 e. The highest BCUT2D eigenvalue weighted by atomic mass is 19.4. The van der Waals surface area contributed by atoms with E-state index in [0.717, 1.165) is 6.20 Å². The number of nitrogens with zero attached hydrogens (tertiary/aromatic N) is 2. The lowest BCUT2D eigenvalue weighted by Gasteiger charge is -2.08. The van der Waals surface area contributed by atoms with Crippen LogP contribution in [0.3, 0.4) is 0 Å². The van der Waals surface area contributed by atoms with Gasteiger partial charge in [-0.2, -0.15) is 23.4 Å². The second kappa shape index (κ2) is 4.13. The fourth-order valence-corrected chi connectivity index (χ4v) is 0.784. The van der Waals surface area contributed by atoms with Gasteiger partial charge in [-0.3, -0.25) is 4.79 Å². The summed E-state index contributed by atoms with van der Waals surface area (Å²) in [7, 11) is 0. The van der Waals surface area contributed by atoms with Crippen molar-refractivity contribution in [3.8, 4) is 0 Å². The molecule has 0 fully saturated rings. The minimum absolute atomic E-state index is 0.565. The van der Waals surface area contributed by atoms with Crippen molar-refractivity contribution in [1.29, 1.82) is 0 Å². The number of hydrogen-bond donors (Lipinski definition) is 2. The van der Waals surface area contributed by atoms with Crippen LogP contribution in [0.4, 0.5) is 18.9 Å². The van der Waals surface area contributed by atoms with E-state index >= 15 is 0 Å². The van der Waals surface area contributed by atoms with Gasteiger partial charge in [-0.1, -0.05) is 0 Å². The lowest BCUT2D eigenvalue weighted by molar-refractivity contribution is -0.167. The fourth-order valence-electron chi connectivity index (χ4n) is 0.784. The molecule has 0 aliphatic rings. The van der Waals surface area contributed by atoms with Crippen LogP contribution in [-0.2, 0) is 4.79 Å². The van der Waals surface area contributed by atoms with Gasteiger partial charge in [-0.25, -0.2) is 4.79 Å². The second-order valence-electron chi connectivity index (χ2n) is 2.57. The summed E-state index contributed by atoms with van der Waals surface area (Å²) in [6, 6.07) is 0. The van der Waals surface area contributed by atoms with Gasteiger partial charge in [0.2, 0.25) is 0 Å². The van der Waals surface area contributed by atoms with Crippen molar-refractivity contribution in [3.63, 3.8) is 0 Å². The molecule has 0 bridgehead atoms. The van der Waals surface area contributed by atoms with Gasteiger partial charge in [0, 0.05) is 0 Å². The van der Waals surface area contributed by atoms with Crippen LogP contribution in [0, 0.1) is 0 Å². The molecule has 0 spiro atoms. The van der Waals surface area contributed by atoms with Crippen molar-refractivity contribution in [1.82, 2.24) is 10.2 Å². The maximum absolute atomic E-state index is 11.9. The molecule has 0 radical (unpaired) electrons. The zero-order valence-corrected chi connectivity index (χ0v) is 7.45. The number of carboxylic acids is 1. The van der Waals surface area contributed by atoms with Gasteiger partial charge in [0.15, 0.2) is 0 Å². The highest BCUT2D eigenvalue weighted by molar-refractivity contribution is 6.01. The Hall–Kier alpha value is -2.19. The van der Waals surface area contributed by atoms with Crippen LogP contribution < -0.4 is 5.32 Å². The van der Waals surface area contributed by atoms with Gasteiger partial charge in [-0.05, 0) is 0 Å². The topological polar surface area (TPSA) is 92.2 Å². The Morgan fingerprint density at radius 2 is 1.81 bits per heavy atom. The fraction of sp³-hybridized carbons (Fsp3) is 0.143. The van der Waals surface area contributed by atoms with Gasteiger partial charge in [0.1, 0.15) is 5.56 Å². The lowest BCUT2D eigenvalue weighted by atomic mass is 10.2. The van der Waals surface area contributed by atoms with Crippen LogP contribution in [0.15, 0.2) is 12.4 Å². The van der Waals surface area contributed by atoms with E-state index in [4.69, 9.17) is 5.11 Å². The molecule has 1 heterocycles. The Balaban J connectivity index is 2.98. The van der Waals surface area contributed by atoms with Gasteiger partial charge >= 0.3 is 18.1 Å². The maximum Gasteiger partial charge on any atom is 0.471 e. The molecule has 0 saturated heterocycles. The molecule has 1 aromatic heterocycles. The summed E-state index contributed by atoms with van der Waals surface area (Å²) in [6.45, 7) is 0. The smallest absolute Gasteiger partial charge is 0.471 e. The number of aromatic nitrogens is 2. The average Bonchev–Trinajstić information content (AvgIpc) is 2.16. The first-order valence-corrected chi connectivity index (χ1v) is 3.74. The van der Waals surface area contributed by atoms with E-state index in [2.05, 4.69) is 10.2 Å². The maximum atomic E-state index is 11.9. The van der Waals surface area contributed by atoms with Gasteiger partial charge in [0.05, 0.1) is 18.1 Å². The van der Waals surface area contributed by atoms with Gasteiger partial charge in [0.25, 0.3) is 0 Å². The normalized spacial score (nSPS) is 10.9. The van der Waals surface area contributed by atoms with Crippen molar-refractivity contribution in [2.75, 3.05) is 5.32 Å². The Morgan fingerprint density at radius 3 is 2.31 bits per heavy atom. The number of nitrogens with one attached hydrogen (secondary N) is 1. The second-order valence-corrected chi connectivity index (χ2v) is 2.57. The number of carbonyl (C=O) groups excluding carboxylic acids is 1. The molecule has 1 amide bonds. The Bertz CT molecular complexity index is 432. The van der Waals surface area contributed by atoms with E-state index in [1.807, 2.05) is 0 Å². The molecular weight excluding hydrogens is 231 g/mol. The van der Waals surface area contributed by atoms with Crippen LogP contribution in [0.5, 0.6) is 0 Å². The van der Waals surface area contributed by atoms with Crippen molar-refractivity contribution >= 4 is 17.6 Å². The Morgan fingerprint density at radius 1 is 1.25 bits per heavy atom. The number of anilines is 1. The third kappa shape index (κ3) is 2.65. The number of alkyl halides is 3. The molecule has 1 aromatic rings. The Kier molecular flexibility index (Phi) is 3.06. The minimum atomic E-state index is -5.10. The molecule has 86 valence electrons. The number of halogens is 3. The SMILES string of the molecule is O=C(O)c1cnncc1NC(=O)C(F)(F)F. The number of rotatable bonds is 2. The number of aromatic carboxylic acids is 1. The summed E-state index contributed by atoms with van der Waals surface area (Å²) < 4.78 is 35.6. The van der Waals surface area contributed by atoms with Crippen LogP contribution in [-0.4, -0.2) is 33.4 Å². The number of amides is 1. The zero-order chi connectivity index (χ0) is 12.3. The predicted octanol–water partition coefficient (Wildman–Crippen LogP) is 0.676. The molecule has 0 unspecified atom stereocenters.